The normalized spacial score (nSPS) is 7.70. The quantitative estimate of drug-likeness (QED) is 0.734. The Labute approximate surface area is 72.4 Å². The molecule has 5 heteroatoms. The summed E-state index contributed by atoms with van der Waals surface area (Å²) < 4.78 is 1.94. The van der Waals surface area contributed by atoms with Crippen molar-refractivity contribution in [3.63, 3.8) is 0 Å². The van der Waals surface area contributed by atoms with Gasteiger partial charge in [-0.25, -0.2) is 4.98 Å². The number of aromatic nitrogens is 2. The summed E-state index contributed by atoms with van der Waals surface area (Å²) in [6.45, 7) is 1.54. The third-order valence-corrected chi connectivity index (χ3v) is 0.946. The lowest BCUT2D eigenvalue weighted by atomic mass is 10.6. The van der Waals surface area contributed by atoms with Crippen molar-refractivity contribution in [1.29, 1.82) is 0 Å². The third kappa shape index (κ3) is 3.71. The van der Waals surface area contributed by atoms with Gasteiger partial charge in [-0.1, -0.05) is 0 Å². The van der Waals surface area contributed by atoms with Crippen LogP contribution in [0.1, 0.15) is 0 Å². The van der Waals surface area contributed by atoms with Crippen molar-refractivity contribution >= 4 is 24.8 Å². The molecule has 1 aromatic heterocycles. The lowest BCUT2D eigenvalue weighted by molar-refractivity contribution is 0.708. The van der Waals surface area contributed by atoms with Crippen LogP contribution in [-0.2, 0) is 6.54 Å². The van der Waals surface area contributed by atoms with Gasteiger partial charge in [-0.05, 0) is 0 Å². The lowest BCUT2D eigenvalue weighted by Crippen LogP contribution is -2.07. The molecule has 0 saturated heterocycles. The van der Waals surface area contributed by atoms with Crippen LogP contribution in [0.5, 0.6) is 0 Å². The van der Waals surface area contributed by atoms with Crippen LogP contribution in [0.3, 0.4) is 0 Å². The number of halogens is 2. The number of nitrogens with zero attached hydrogens (tertiary/aromatic N) is 2. The molecule has 0 bridgehead atoms. The monoisotopic (exact) mass is 183 g/mol. The Morgan fingerprint density at radius 2 is 2.10 bits per heavy atom. The molecule has 0 aliphatic rings. The van der Waals surface area contributed by atoms with Gasteiger partial charge in [0.2, 0.25) is 0 Å². The second kappa shape index (κ2) is 6.86. The molecule has 0 aliphatic heterocycles. The minimum atomic E-state index is 0. The topological polar surface area (TPSA) is 43.8 Å². The Hall–Kier alpha value is -0.250. The van der Waals surface area contributed by atoms with Gasteiger partial charge in [0.1, 0.15) is 0 Å². The standard InChI is InChI=1S/C5H9N3.2ClH/c6-1-3-8-4-2-7-5-8;;/h2,4-5H,1,3,6H2;2*1H. The molecule has 0 aliphatic carbocycles. The van der Waals surface area contributed by atoms with E-state index in [2.05, 4.69) is 4.98 Å². The molecule has 0 atom stereocenters. The van der Waals surface area contributed by atoms with Gasteiger partial charge in [-0.2, -0.15) is 0 Å². The van der Waals surface area contributed by atoms with E-state index in [4.69, 9.17) is 5.73 Å². The first-order valence-corrected chi connectivity index (χ1v) is 2.59. The Kier molecular flexibility index (Phi) is 8.53. The molecule has 0 aromatic carbocycles. The number of nitrogens with two attached hydrogens (primary N) is 1. The van der Waals surface area contributed by atoms with Crippen LogP contribution in [0.4, 0.5) is 0 Å². The molecule has 0 saturated carbocycles. The van der Waals surface area contributed by atoms with E-state index < -0.39 is 0 Å². The van der Waals surface area contributed by atoms with Crippen LogP contribution in [-0.4, -0.2) is 16.1 Å². The summed E-state index contributed by atoms with van der Waals surface area (Å²) in [5.74, 6) is 0. The molecule has 0 amide bonds. The molecule has 0 unspecified atom stereocenters. The minimum Gasteiger partial charge on any atom is -0.336 e. The Morgan fingerprint density at radius 3 is 2.50 bits per heavy atom. The first kappa shape index (κ1) is 12.4. The minimum absolute atomic E-state index is 0. The molecule has 3 nitrogen and oxygen atoms in total. The summed E-state index contributed by atoms with van der Waals surface area (Å²) in [5.41, 5.74) is 5.27. The highest BCUT2D eigenvalue weighted by Crippen LogP contribution is 1.81. The average Bonchev–Trinajstić information content (AvgIpc) is 2.19. The smallest absolute Gasteiger partial charge is 0.0946 e. The Balaban J connectivity index is 0. The summed E-state index contributed by atoms with van der Waals surface area (Å²) in [7, 11) is 0. The third-order valence-electron chi connectivity index (χ3n) is 0.946. The summed E-state index contributed by atoms with van der Waals surface area (Å²) in [6.07, 6.45) is 5.40. The van der Waals surface area contributed by atoms with E-state index in [-0.39, 0.29) is 24.8 Å². The highest BCUT2D eigenvalue weighted by Gasteiger charge is 1.82. The van der Waals surface area contributed by atoms with Crippen LogP contribution >= 0.6 is 24.8 Å². The van der Waals surface area contributed by atoms with E-state index in [0.717, 1.165) is 6.54 Å². The fraction of sp³-hybridized carbons (Fsp3) is 0.400. The zero-order valence-electron chi connectivity index (χ0n) is 5.43. The summed E-state index contributed by atoms with van der Waals surface area (Å²) in [4.78, 5) is 3.85. The van der Waals surface area contributed by atoms with Crippen molar-refractivity contribution < 1.29 is 0 Å². The lowest BCUT2D eigenvalue weighted by Gasteiger charge is -1.93. The van der Waals surface area contributed by atoms with E-state index >= 15 is 0 Å². The fourth-order valence-corrected chi connectivity index (χ4v) is 0.568. The zero-order chi connectivity index (χ0) is 5.82. The van der Waals surface area contributed by atoms with Gasteiger partial charge < -0.3 is 10.3 Å². The molecule has 0 fully saturated rings. The molecule has 0 spiro atoms. The first-order valence-electron chi connectivity index (χ1n) is 2.59. The van der Waals surface area contributed by atoms with Crippen LogP contribution in [0.15, 0.2) is 18.7 Å². The van der Waals surface area contributed by atoms with Crippen molar-refractivity contribution in [2.45, 2.75) is 6.54 Å². The molecule has 1 aromatic rings. The van der Waals surface area contributed by atoms with Crippen molar-refractivity contribution in [1.82, 2.24) is 9.55 Å². The maximum Gasteiger partial charge on any atom is 0.0946 e. The maximum atomic E-state index is 5.27. The number of hydrogen-bond donors (Lipinski definition) is 1. The maximum absolute atomic E-state index is 5.27. The van der Waals surface area contributed by atoms with Crippen molar-refractivity contribution in [2.75, 3.05) is 6.54 Å². The van der Waals surface area contributed by atoms with Crippen molar-refractivity contribution in [3.8, 4) is 0 Å². The summed E-state index contributed by atoms with van der Waals surface area (Å²) in [6, 6.07) is 0. The Morgan fingerprint density at radius 1 is 1.40 bits per heavy atom. The molecule has 0 radical (unpaired) electrons. The van der Waals surface area contributed by atoms with Gasteiger partial charge in [0.05, 0.1) is 6.33 Å². The van der Waals surface area contributed by atoms with Gasteiger partial charge in [0.25, 0.3) is 0 Å². The molecule has 10 heavy (non-hydrogen) atoms. The predicted molar refractivity (Wildman–Crippen MR) is 45.8 cm³/mol. The second-order valence-electron chi connectivity index (χ2n) is 1.59. The average molecular weight is 184 g/mol. The summed E-state index contributed by atoms with van der Waals surface area (Å²) in [5, 5.41) is 0. The number of rotatable bonds is 2. The zero-order valence-corrected chi connectivity index (χ0v) is 7.07. The second-order valence-corrected chi connectivity index (χ2v) is 1.59. The molecule has 60 valence electrons. The van der Waals surface area contributed by atoms with Gasteiger partial charge >= 0.3 is 0 Å². The van der Waals surface area contributed by atoms with Gasteiger partial charge in [-0.3, -0.25) is 0 Å². The molecule has 1 heterocycles. The van der Waals surface area contributed by atoms with E-state index in [0.29, 0.717) is 6.54 Å². The number of imidazole rings is 1. The SMILES string of the molecule is Cl.Cl.NCCn1ccnc1. The fourth-order valence-electron chi connectivity index (χ4n) is 0.568. The van der Waals surface area contributed by atoms with E-state index in [1.165, 1.54) is 0 Å². The summed E-state index contributed by atoms with van der Waals surface area (Å²) >= 11 is 0. The highest BCUT2D eigenvalue weighted by atomic mass is 35.5. The number of hydrogen-bond acceptors (Lipinski definition) is 2. The van der Waals surface area contributed by atoms with Crippen LogP contribution in [0.2, 0.25) is 0 Å². The highest BCUT2D eigenvalue weighted by molar-refractivity contribution is 5.85. The van der Waals surface area contributed by atoms with Gasteiger partial charge in [-0.15, -0.1) is 24.8 Å². The van der Waals surface area contributed by atoms with E-state index in [1.54, 1.807) is 12.5 Å². The van der Waals surface area contributed by atoms with E-state index in [1.807, 2.05) is 10.8 Å². The molecular weight excluding hydrogens is 173 g/mol. The van der Waals surface area contributed by atoms with Gasteiger partial charge in [0.15, 0.2) is 0 Å². The predicted octanol–water partition coefficient (Wildman–Crippen LogP) is 0.685. The molecule has 2 N–H and O–H groups in total. The molecular formula is C5H11Cl2N3. The van der Waals surface area contributed by atoms with Crippen molar-refractivity contribution in [3.05, 3.63) is 18.7 Å². The van der Waals surface area contributed by atoms with Crippen LogP contribution < -0.4 is 5.73 Å². The van der Waals surface area contributed by atoms with E-state index in [9.17, 15) is 0 Å². The van der Waals surface area contributed by atoms with Crippen LogP contribution in [0, 0.1) is 0 Å². The van der Waals surface area contributed by atoms with Gasteiger partial charge in [0, 0.05) is 25.5 Å². The van der Waals surface area contributed by atoms with Crippen LogP contribution in [0.25, 0.3) is 0 Å². The largest absolute Gasteiger partial charge is 0.336 e. The first-order chi connectivity index (χ1) is 3.93. The Bertz CT molecular complexity index is 141. The molecule has 1 rings (SSSR count). The van der Waals surface area contributed by atoms with Crippen molar-refractivity contribution in [2.24, 2.45) is 5.73 Å².